The van der Waals surface area contributed by atoms with E-state index in [0.717, 1.165) is 45.4 Å². The number of ether oxygens (including phenoxy) is 1. The lowest BCUT2D eigenvalue weighted by Crippen LogP contribution is -2.37. The monoisotopic (exact) mass is 370 g/mol. The zero-order chi connectivity index (χ0) is 18.6. The molecule has 7 heteroatoms. The Hall–Kier alpha value is -2.25. The fourth-order valence-corrected chi connectivity index (χ4v) is 4.12. The van der Waals surface area contributed by atoms with E-state index in [4.69, 9.17) is 9.26 Å². The average molecular weight is 370 g/mol. The highest BCUT2D eigenvalue weighted by Gasteiger charge is 2.32. The van der Waals surface area contributed by atoms with Crippen molar-refractivity contribution < 1.29 is 14.1 Å². The molecule has 0 radical (unpaired) electrons. The second kappa shape index (κ2) is 8.19. The van der Waals surface area contributed by atoms with Gasteiger partial charge in [-0.25, -0.2) is 0 Å². The van der Waals surface area contributed by atoms with Crippen molar-refractivity contribution in [3.05, 3.63) is 47.1 Å². The number of nitrogens with zero attached hydrogens (tertiary/aromatic N) is 4. The normalized spacial score (nSPS) is 20.5. The van der Waals surface area contributed by atoms with Crippen LogP contribution in [-0.2, 0) is 29.1 Å². The molecule has 2 aromatic rings. The highest BCUT2D eigenvalue weighted by atomic mass is 16.5. The Bertz CT molecular complexity index is 791. The van der Waals surface area contributed by atoms with Crippen molar-refractivity contribution in [3.63, 3.8) is 0 Å². The Labute approximate surface area is 159 Å². The smallest absolute Gasteiger partial charge is 0.240 e. The lowest BCUT2D eigenvalue weighted by atomic mass is 10.00. The van der Waals surface area contributed by atoms with Crippen LogP contribution in [0.15, 0.2) is 28.8 Å². The van der Waals surface area contributed by atoms with E-state index >= 15 is 0 Å². The average Bonchev–Trinajstić information content (AvgIpc) is 3.23. The summed E-state index contributed by atoms with van der Waals surface area (Å²) in [5.41, 5.74) is 2.55. The summed E-state index contributed by atoms with van der Waals surface area (Å²) < 4.78 is 10.3. The minimum absolute atomic E-state index is 0.0280. The van der Waals surface area contributed by atoms with Gasteiger partial charge in [0.05, 0.1) is 12.5 Å². The number of benzene rings is 1. The number of aromatic nitrogens is 2. The fourth-order valence-electron chi connectivity index (χ4n) is 4.12. The molecule has 1 amide bonds. The van der Waals surface area contributed by atoms with E-state index in [2.05, 4.69) is 33.2 Å². The molecule has 1 aromatic carbocycles. The van der Waals surface area contributed by atoms with Crippen LogP contribution in [0.25, 0.3) is 0 Å². The summed E-state index contributed by atoms with van der Waals surface area (Å²) in [4.78, 5) is 21.8. The van der Waals surface area contributed by atoms with Crippen molar-refractivity contribution in [3.8, 4) is 0 Å². The van der Waals surface area contributed by atoms with Gasteiger partial charge in [-0.3, -0.25) is 9.69 Å². The second-order valence-corrected chi connectivity index (χ2v) is 7.28. The molecule has 1 aromatic heterocycles. The number of rotatable bonds is 5. The molecule has 0 bridgehead atoms. The molecule has 1 aliphatic heterocycles. The molecule has 0 spiro atoms. The van der Waals surface area contributed by atoms with Crippen LogP contribution in [0.1, 0.15) is 41.6 Å². The molecule has 144 valence electrons. The molecular formula is C20H26N4O3. The van der Waals surface area contributed by atoms with E-state index in [1.54, 1.807) is 7.11 Å². The van der Waals surface area contributed by atoms with Crippen LogP contribution >= 0.6 is 0 Å². The number of carbonyl (C=O) groups excluding carboxylic acids is 1. The molecule has 2 heterocycles. The summed E-state index contributed by atoms with van der Waals surface area (Å²) in [6.45, 7) is 4.28. The maximum absolute atomic E-state index is 13.1. The fraction of sp³-hybridized carbons (Fsp3) is 0.550. The van der Waals surface area contributed by atoms with Gasteiger partial charge >= 0.3 is 0 Å². The third-order valence-corrected chi connectivity index (χ3v) is 5.47. The van der Waals surface area contributed by atoms with Crippen LogP contribution in [-0.4, -0.2) is 59.1 Å². The van der Waals surface area contributed by atoms with Gasteiger partial charge in [-0.15, -0.1) is 0 Å². The third kappa shape index (κ3) is 4.04. The molecule has 0 saturated carbocycles. The minimum Gasteiger partial charge on any atom is -0.377 e. The quantitative estimate of drug-likeness (QED) is 0.801. The van der Waals surface area contributed by atoms with Gasteiger partial charge in [0.15, 0.2) is 5.82 Å². The van der Waals surface area contributed by atoms with Crippen LogP contribution in [0.4, 0.5) is 0 Å². The highest BCUT2D eigenvalue weighted by molar-refractivity contribution is 5.85. The second-order valence-electron chi connectivity index (χ2n) is 7.28. The predicted octanol–water partition coefficient (Wildman–Crippen LogP) is 1.98. The Morgan fingerprint density at radius 2 is 2.15 bits per heavy atom. The summed E-state index contributed by atoms with van der Waals surface area (Å²) in [5.74, 6) is 1.48. The number of carbonyl (C=O) groups is 1. The minimum atomic E-state index is 0.0280. The van der Waals surface area contributed by atoms with Crippen LogP contribution < -0.4 is 0 Å². The van der Waals surface area contributed by atoms with Crippen molar-refractivity contribution in [1.82, 2.24) is 19.9 Å². The first kappa shape index (κ1) is 18.1. The number of hydrogen-bond donors (Lipinski definition) is 0. The summed E-state index contributed by atoms with van der Waals surface area (Å²) in [6, 6.07) is 8.36. The summed E-state index contributed by atoms with van der Waals surface area (Å²) in [7, 11) is 1.61. The molecule has 1 aliphatic carbocycles. The van der Waals surface area contributed by atoms with Gasteiger partial charge in [0, 0.05) is 33.3 Å². The summed E-state index contributed by atoms with van der Waals surface area (Å²) in [5, 5.41) is 3.91. The molecule has 4 rings (SSSR count). The third-order valence-electron chi connectivity index (χ3n) is 5.47. The van der Waals surface area contributed by atoms with E-state index in [9.17, 15) is 4.79 Å². The van der Waals surface area contributed by atoms with Crippen molar-refractivity contribution in [2.24, 2.45) is 0 Å². The van der Waals surface area contributed by atoms with Crippen molar-refractivity contribution >= 4 is 5.91 Å². The van der Waals surface area contributed by atoms with E-state index in [1.165, 1.54) is 11.1 Å². The first-order chi connectivity index (χ1) is 13.2. The van der Waals surface area contributed by atoms with Crippen molar-refractivity contribution in [2.45, 2.75) is 38.3 Å². The largest absolute Gasteiger partial charge is 0.377 e. The topological polar surface area (TPSA) is 71.7 Å². The van der Waals surface area contributed by atoms with Gasteiger partial charge in [-0.2, -0.15) is 4.98 Å². The van der Waals surface area contributed by atoms with Crippen molar-refractivity contribution in [2.75, 3.05) is 33.3 Å². The van der Waals surface area contributed by atoms with Crippen LogP contribution in [0.3, 0.4) is 0 Å². The Morgan fingerprint density at radius 3 is 3.04 bits per heavy atom. The zero-order valence-electron chi connectivity index (χ0n) is 15.8. The highest BCUT2D eigenvalue weighted by Crippen LogP contribution is 2.34. The number of hydrogen-bond acceptors (Lipinski definition) is 6. The molecule has 27 heavy (non-hydrogen) atoms. The van der Waals surface area contributed by atoms with Gasteiger partial charge < -0.3 is 14.2 Å². The van der Waals surface area contributed by atoms with E-state index < -0.39 is 0 Å². The van der Waals surface area contributed by atoms with E-state index in [1.807, 2.05) is 11.0 Å². The van der Waals surface area contributed by atoms with Gasteiger partial charge in [0.2, 0.25) is 11.8 Å². The molecule has 2 aliphatic rings. The van der Waals surface area contributed by atoms with Crippen molar-refractivity contribution in [1.29, 1.82) is 0 Å². The Kier molecular flexibility index (Phi) is 5.50. The number of fused-ring (bicyclic) bond motifs is 1. The first-order valence-electron chi connectivity index (χ1n) is 9.64. The van der Waals surface area contributed by atoms with Crippen LogP contribution in [0.5, 0.6) is 0 Å². The lowest BCUT2D eigenvalue weighted by molar-refractivity contribution is -0.132. The van der Waals surface area contributed by atoms with Gasteiger partial charge in [0.25, 0.3) is 0 Å². The molecule has 7 nitrogen and oxygen atoms in total. The van der Waals surface area contributed by atoms with Crippen LogP contribution in [0.2, 0.25) is 0 Å². The van der Waals surface area contributed by atoms with E-state index in [0.29, 0.717) is 24.9 Å². The summed E-state index contributed by atoms with van der Waals surface area (Å²) >= 11 is 0. The molecule has 0 N–H and O–H groups in total. The summed E-state index contributed by atoms with van der Waals surface area (Å²) in [6.07, 6.45) is 2.90. The molecule has 1 saturated heterocycles. The molecule has 1 unspecified atom stereocenters. The SMILES string of the molecule is COCc1noc(CN2CCCN(C(=O)C3CCc4ccccc43)CC2)n1. The maximum Gasteiger partial charge on any atom is 0.240 e. The van der Waals surface area contributed by atoms with Crippen LogP contribution in [0, 0.1) is 0 Å². The predicted molar refractivity (Wildman–Crippen MR) is 99.0 cm³/mol. The molecule has 1 atom stereocenters. The standard InChI is InChI=1S/C20H26N4O3/c1-26-14-18-21-19(27-22-18)13-23-9-4-10-24(12-11-23)20(25)17-8-7-15-5-2-3-6-16(15)17/h2-3,5-6,17H,4,7-14H2,1H3. The van der Waals surface area contributed by atoms with Gasteiger partial charge in [0.1, 0.15) is 6.61 Å². The van der Waals surface area contributed by atoms with Gasteiger partial charge in [-0.1, -0.05) is 29.4 Å². The number of aryl methyl sites for hydroxylation is 1. The Balaban J connectivity index is 1.35. The zero-order valence-corrected chi connectivity index (χ0v) is 15.8. The number of amides is 1. The number of methoxy groups -OCH3 is 1. The Morgan fingerprint density at radius 1 is 1.26 bits per heavy atom. The van der Waals surface area contributed by atoms with Gasteiger partial charge in [-0.05, 0) is 30.4 Å². The van der Waals surface area contributed by atoms with E-state index in [-0.39, 0.29) is 11.8 Å². The maximum atomic E-state index is 13.1. The molecule has 1 fully saturated rings. The first-order valence-corrected chi connectivity index (χ1v) is 9.64. The molecular weight excluding hydrogens is 344 g/mol. The lowest BCUT2D eigenvalue weighted by Gasteiger charge is -2.24.